The zero-order valence-electron chi connectivity index (χ0n) is 14.0. The highest BCUT2D eigenvalue weighted by molar-refractivity contribution is 7.99. The number of nitro benzene ring substituents is 1. The quantitative estimate of drug-likeness (QED) is 0.381. The standard InChI is InChI=1S/C16H13ClN6O3S/c1-22-15(13-4-2-3-7-18-13)20-21-16(22)27-9-14(24)19-12-6-5-10(23(25)26)8-11(12)17/h2-8H,9H2,1H3,(H,19,24). The van der Waals surface area contributed by atoms with Crippen molar-refractivity contribution in [1.29, 1.82) is 0 Å². The maximum Gasteiger partial charge on any atom is 0.271 e. The van der Waals surface area contributed by atoms with Crippen LogP contribution < -0.4 is 5.32 Å². The number of rotatable bonds is 6. The van der Waals surface area contributed by atoms with Crippen LogP contribution in [0.5, 0.6) is 0 Å². The van der Waals surface area contributed by atoms with Gasteiger partial charge in [0.2, 0.25) is 5.91 Å². The Morgan fingerprint density at radius 1 is 1.33 bits per heavy atom. The summed E-state index contributed by atoms with van der Waals surface area (Å²) in [5, 5.41) is 22.2. The molecule has 0 atom stereocenters. The molecule has 0 fully saturated rings. The molecule has 138 valence electrons. The van der Waals surface area contributed by atoms with E-state index in [2.05, 4.69) is 20.5 Å². The molecule has 0 aliphatic heterocycles. The Balaban J connectivity index is 1.63. The van der Waals surface area contributed by atoms with Crippen LogP contribution in [0.25, 0.3) is 11.5 Å². The monoisotopic (exact) mass is 404 g/mol. The number of non-ortho nitro benzene ring substituents is 1. The van der Waals surface area contributed by atoms with E-state index >= 15 is 0 Å². The maximum absolute atomic E-state index is 12.2. The van der Waals surface area contributed by atoms with Gasteiger partial charge in [0.15, 0.2) is 11.0 Å². The number of thioether (sulfide) groups is 1. The molecule has 0 radical (unpaired) electrons. The zero-order chi connectivity index (χ0) is 19.4. The van der Waals surface area contributed by atoms with Gasteiger partial charge in [-0.2, -0.15) is 0 Å². The first kappa shape index (κ1) is 18.8. The number of halogens is 1. The average Bonchev–Trinajstić information content (AvgIpc) is 3.03. The summed E-state index contributed by atoms with van der Waals surface area (Å²) in [6, 6.07) is 9.34. The minimum Gasteiger partial charge on any atom is -0.324 e. The van der Waals surface area contributed by atoms with Gasteiger partial charge in [0, 0.05) is 25.4 Å². The van der Waals surface area contributed by atoms with Gasteiger partial charge in [-0.05, 0) is 18.2 Å². The number of nitrogens with zero attached hydrogens (tertiary/aromatic N) is 5. The van der Waals surface area contributed by atoms with Crippen LogP contribution in [0, 0.1) is 10.1 Å². The van der Waals surface area contributed by atoms with E-state index in [0.717, 1.165) is 0 Å². The second-order valence-electron chi connectivity index (χ2n) is 5.34. The second-order valence-corrected chi connectivity index (χ2v) is 6.69. The number of pyridine rings is 1. The average molecular weight is 405 g/mol. The predicted octanol–water partition coefficient (Wildman–Crippen LogP) is 3.17. The Labute approximate surface area is 162 Å². The summed E-state index contributed by atoms with van der Waals surface area (Å²) in [4.78, 5) is 26.5. The first-order chi connectivity index (χ1) is 13.0. The van der Waals surface area contributed by atoms with Gasteiger partial charge in [0.05, 0.1) is 21.4 Å². The minimum atomic E-state index is -0.555. The van der Waals surface area contributed by atoms with Crippen LogP contribution in [-0.4, -0.2) is 36.3 Å². The van der Waals surface area contributed by atoms with Crippen LogP contribution in [0.2, 0.25) is 5.02 Å². The Morgan fingerprint density at radius 3 is 2.81 bits per heavy atom. The van der Waals surface area contributed by atoms with Gasteiger partial charge in [-0.25, -0.2) is 0 Å². The van der Waals surface area contributed by atoms with Crippen LogP contribution in [0.3, 0.4) is 0 Å². The molecule has 1 aromatic carbocycles. The zero-order valence-corrected chi connectivity index (χ0v) is 15.6. The van der Waals surface area contributed by atoms with E-state index in [4.69, 9.17) is 11.6 Å². The number of benzene rings is 1. The lowest BCUT2D eigenvalue weighted by Crippen LogP contribution is -2.14. The molecule has 9 nitrogen and oxygen atoms in total. The van der Waals surface area contributed by atoms with Crippen LogP contribution in [-0.2, 0) is 11.8 Å². The van der Waals surface area contributed by atoms with E-state index in [1.165, 1.54) is 30.0 Å². The van der Waals surface area contributed by atoms with Gasteiger partial charge < -0.3 is 9.88 Å². The summed E-state index contributed by atoms with van der Waals surface area (Å²) in [6.07, 6.45) is 1.66. The van der Waals surface area contributed by atoms with Crippen molar-refractivity contribution in [3.8, 4) is 11.5 Å². The van der Waals surface area contributed by atoms with Crippen molar-refractivity contribution in [2.24, 2.45) is 7.05 Å². The highest BCUT2D eigenvalue weighted by atomic mass is 35.5. The number of nitro groups is 1. The molecule has 0 aliphatic rings. The van der Waals surface area contributed by atoms with Crippen molar-refractivity contribution >= 4 is 40.6 Å². The molecule has 3 aromatic rings. The Bertz CT molecular complexity index is 995. The minimum absolute atomic E-state index is 0.0709. The number of nitrogens with one attached hydrogen (secondary N) is 1. The molecule has 27 heavy (non-hydrogen) atoms. The number of hydrogen-bond donors (Lipinski definition) is 1. The highest BCUT2D eigenvalue weighted by Gasteiger charge is 2.15. The van der Waals surface area contributed by atoms with E-state index in [9.17, 15) is 14.9 Å². The van der Waals surface area contributed by atoms with Crippen molar-refractivity contribution < 1.29 is 9.72 Å². The van der Waals surface area contributed by atoms with Gasteiger partial charge in [0.1, 0.15) is 5.69 Å². The fraction of sp³-hybridized carbons (Fsp3) is 0.125. The summed E-state index contributed by atoms with van der Waals surface area (Å²) in [6.45, 7) is 0. The van der Waals surface area contributed by atoms with Crippen LogP contribution in [0.4, 0.5) is 11.4 Å². The van der Waals surface area contributed by atoms with Crippen LogP contribution in [0.15, 0.2) is 47.8 Å². The molecule has 3 rings (SSSR count). The molecule has 0 saturated heterocycles. The van der Waals surface area contributed by atoms with Crippen molar-refractivity contribution in [2.75, 3.05) is 11.1 Å². The normalized spacial score (nSPS) is 10.6. The first-order valence-electron chi connectivity index (χ1n) is 7.63. The van der Waals surface area contributed by atoms with Gasteiger partial charge >= 0.3 is 0 Å². The van der Waals surface area contributed by atoms with Crippen molar-refractivity contribution in [2.45, 2.75) is 5.16 Å². The molecule has 0 spiro atoms. The summed E-state index contributed by atoms with van der Waals surface area (Å²) in [5.41, 5.74) is 0.843. The van der Waals surface area contributed by atoms with E-state index in [1.54, 1.807) is 17.8 Å². The molecule has 2 aromatic heterocycles. The number of amides is 1. The van der Waals surface area contributed by atoms with Crippen molar-refractivity contribution in [3.63, 3.8) is 0 Å². The fourth-order valence-electron chi connectivity index (χ4n) is 2.19. The number of aromatic nitrogens is 4. The maximum atomic E-state index is 12.2. The molecule has 0 saturated carbocycles. The van der Waals surface area contributed by atoms with E-state index in [1.807, 2.05) is 18.2 Å². The number of anilines is 1. The smallest absolute Gasteiger partial charge is 0.271 e. The van der Waals surface area contributed by atoms with Gasteiger partial charge in [-0.15, -0.1) is 10.2 Å². The predicted molar refractivity (Wildman–Crippen MR) is 102 cm³/mol. The third-order valence-corrected chi connectivity index (χ3v) is 4.83. The highest BCUT2D eigenvalue weighted by Crippen LogP contribution is 2.27. The second kappa shape index (κ2) is 8.14. The molecule has 2 heterocycles. The third kappa shape index (κ3) is 4.41. The fourth-order valence-corrected chi connectivity index (χ4v) is 3.13. The first-order valence-corrected chi connectivity index (χ1v) is 8.99. The number of hydrogen-bond acceptors (Lipinski definition) is 7. The molecule has 1 N–H and O–H groups in total. The molecule has 0 bridgehead atoms. The SMILES string of the molecule is Cn1c(SCC(=O)Nc2ccc([N+](=O)[O-])cc2Cl)nnc1-c1ccccn1. The number of carbonyl (C=O) groups excluding carboxylic acids is 1. The third-order valence-electron chi connectivity index (χ3n) is 3.50. The largest absolute Gasteiger partial charge is 0.324 e. The Kier molecular flexibility index (Phi) is 5.67. The van der Waals surface area contributed by atoms with E-state index < -0.39 is 4.92 Å². The molecule has 1 amide bonds. The van der Waals surface area contributed by atoms with E-state index in [-0.39, 0.29) is 22.4 Å². The van der Waals surface area contributed by atoms with Gasteiger partial charge in [-0.1, -0.05) is 29.4 Å². The van der Waals surface area contributed by atoms with Crippen LogP contribution >= 0.6 is 23.4 Å². The summed E-state index contributed by atoms with van der Waals surface area (Å²) < 4.78 is 1.75. The molecule has 11 heteroatoms. The lowest BCUT2D eigenvalue weighted by atomic mass is 10.3. The molecular formula is C16H13ClN6O3S. The lowest BCUT2D eigenvalue weighted by molar-refractivity contribution is -0.384. The van der Waals surface area contributed by atoms with Gasteiger partial charge in [-0.3, -0.25) is 19.9 Å². The molecule has 0 aliphatic carbocycles. The molecular weight excluding hydrogens is 392 g/mol. The van der Waals surface area contributed by atoms with Crippen LogP contribution in [0.1, 0.15) is 0 Å². The molecule has 0 unspecified atom stereocenters. The Hall–Kier alpha value is -2.98. The van der Waals surface area contributed by atoms with Crippen molar-refractivity contribution in [3.05, 3.63) is 57.7 Å². The summed E-state index contributed by atoms with van der Waals surface area (Å²) in [5.74, 6) is 0.344. The number of carbonyl (C=O) groups is 1. The van der Waals surface area contributed by atoms with Crippen molar-refractivity contribution in [1.82, 2.24) is 19.7 Å². The van der Waals surface area contributed by atoms with E-state index in [0.29, 0.717) is 22.4 Å². The van der Waals surface area contributed by atoms with Gasteiger partial charge in [0.25, 0.3) is 5.69 Å². The summed E-state index contributed by atoms with van der Waals surface area (Å²) in [7, 11) is 1.79. The lowest BCUT2D eigenvalue weighted by Gasteiger charge is -2.07. The topological polar surface area (TPSA) is 116 Å². The Morgan fingerprint density at radius 2 is 2.15 bits per heavy atom. The summed E-state index contributed by atoms with van der Waals surface area (Å²) >= 11 is 7.17.